The second kappa shape index (κ2) is 10.00. The molecule has 1 fully saturated rings. The molecule has 0 aliphatic carbocycles. The molecule has 0 bridgehead atoms. The average molecular weight is 506 g/mol. The van der Waals surface area contributed by atoms with Crippen molar-refractivity contribution >= 4 is 17.2 Å². The summed E-state index contributed by atoms with van der Waals surface area (Å²) in [4.78, 5) is 6.73. The van der Waals surface area contributed by atoms with Gasteiger partial charge in [0.05, 0.1) is 6.54 Å². The maximum Gasteiger partial charge on any atom is 0.573 e. The van der Waals surface area contributed by atoms with Crippen LogP contribution in [0.1, 0.15) is 25.7 Å². The fraction of sp³-hybridized carbons (Fsp3) is 0.542. The van der Waals surface area contributed by atoms with Gasteiger partial charge in [-0.15, -0.1) is 28.5 Å². The highest BCUT2D eigenvalue weighted by molar-refractivity contribution is 5.82. The highest BCUT2D eigenvalue weighted by Crippen LogP contribution is 2.42. The predicted molar refractivity (Wildman–Crippen MR) is 130 cm³/mol. The molecule has 4 heterocycles. The quantitative estimate of drug-likeness (QED) is 0.532. The van der Waals surface area contributed by atoms with E-state index in [0.29, 0.717) is 35.9 Å². The van der Waals surface area contributed by atoms with Crippen LogP contribution in [-0.4, -0.2) is 84.5 Å². The van der Waals surface area contributed by atoms with E-state index in [-0.39, 0.29) is 5.75 Å². The second-order valence-corrected chi connectivity index (χ2v) is 9.31. The lowest BCUT2D eigenvalue weighted by Gasteiger charge is -2.34. The lowest BCUT2D eigenvalue weighted by molar-refractivity contribution is -0.274. The molecule has 0 atom stereocenters. The van der Waals surface area contributed by atoms with Crippen LogP contribution in [0.3, 0.4) is 0 Å². The summed E-state index contributed by atoms with van der Waals surface area (Å²) in [6, 6.07) is 5.69. The van der Waals surface area contributed by atoms with Gasteiger partial charge in [-0.1, -0.05) is 25.0 Å². The van der Waals surface area contributed by atoms with E-state index in [1.54, 1.807) is 10.6 Å². The molecule has 3 aromatic rings. The molecule has 2 aromatic heterocycles. The number of ether oxygens (including phenoxy) is 2. The monoisotopic (exact) mass is 505 g/mol. The third-order valence-electron chi connectivity index (χ3n) is 6.62. The number of hydrogen-bond donors (Lipinski definition) is 0. The molecule has 9 nitrogen and oxygen atoms in total. The van der Waals surface area contributed by atoms with Crippen molar-refractivity contribution < 1.29 is 22.6 Å². The van der Waals surface area contributed by atoms with Gasteiger partial charge in [-0.3, -0.25) is 0 Å². The summed E-state index contributed by atoms with van der Waals surface area (Å²) in [7, 11) is 4.14. The van der Waals surface area contributed by atoms with Gasteiger partial charge in [0, 0.05) is 32.2 Å². The van der Waals surface area contributed by atoms with E-state index in [4.69, 9.17) is 9.84 Å². The van der Waals surface area contributed by atoms with Gasteiger partial charge < -0.3 is 24.2 Å². The highest BCUT2D eigenvalue weighted by Gasteiger charge is 2.32. The molecule has 0 amide bonds. The smallest absolute Gasteiger partial charge is 0.486 e. The van der Waals surface area contributed by atoms with Gasteiger partial charge >= 0.3 is 6.36 Å². The third kappa shape index (κ3) is 5.13. The number of nitrogens with zero attached hydrogens (tertiary/aromatic N) is 7. The van der Waals surface area contributed by atoms with Crippen molar-refractivity contribution in [2.24, 2.45) is 0 Å². The summed E-state index contributed by atoms with van der Waals surface area (Å²) in [6.45, 7) is 4.80. The SMILES string of the molecule is CN1CCCCCCN(c2nn3c(-c4cccc(OC(F)(F)F)c4)nnc3c3c2N(C)CCO3)CC1. The Kier molecular flexibility index (Phi) is 6.78. The van der Waals surface area contributed by atoms with E-state index in [1.165, 1.54) is 31.0 Å². The Labute approximate surface area is 207 Å². The molecule has 12 heteroatoms. The average Bonchev–Trinajstić information content (AvgIpc) is 3.26. The number of alkyl halides is 3. The van der Waals surface area contributed by atoms with Crippen molar-refractivity contribution in [1.82, 2.24) is 24.7 Å². The minimum Gasteiger partial charge on any atom is -0.486 e. The van der Waals surface area contributed by atoms with Crippen LogP contribution >= 0.6 is 0 Å². The summed E-state index contributed by atoms with van der Waals surface area (Å²) < 4.78 is 50.2. The molecule has 0 saturated carbocycles. The number of benzene rings is 1. The van der Waals surface area contributed by atoms with Gasteiger partial charge in [0.1, 0.15) is 18.0 Å². The van der Waals surface area contributed by atoms with Crippen molar-refractivity contribution in [3.8, 4) is 22.9 Å². The van der Waals surface area contributed by atoms with Gasteiger partial charge in [0.2, 0.25) is 5.65 Å². The minimum absolute atomic E-state index is 0.316. The van der Waals surface area contributed by atoms with Crippen molar-refractivity contribution in [2.45, 2.75) is 32.0 Å². The Hall–Kier alpha value is -3.28. The van der Waals surface area contributed by atoms with E-state index < -0.39 is 6.36 Å². The topological polar surface area (TPSA) is 71.3 Å². The molecule has 2 aliphatic heterocycles. The molecule has 0 spiro atoms. The van der Waals surface area contributed by atoms with E-state index in [9.17, 15) is 13.2 Å². The summed E-state index contributed by atoms with van der Waals surface area (Å²) >= 11 is 0. The Bertz CT molecular complexity index is 1220. The highest BCUT2D eigenvalue weighted by atomic mass is 19.4. The van der Waals surface area contributed by atoms with Crippen molar-refractivity contribution in [1.29, 1.82) is 0 Å². The number of hydrogen-bond acceptors (Lipinski definition) is 8. The van der Waals surface area contributed by atoms with Crippen LogP contribution in [0.4, 0.5) is 24.7 Å². The number of rotatable bonds is 3. The largest absolute Gasteiger partial charge is 0.573 e. The second-order valence-electron chi connectivity index (χ2n) is 9.31. The zero-order valence-electron chi connectivity index (χ0n) is 20.5. The first-order valence-corrected chi connectivity index (χ1v) is 12.2. The lowest BCUT2D eigenvalue weighted by atomic mass is 10.1. The molecule has 0 N–H and O–H groups in total. The molecule has 194 valence electrons. The summed E-state index contributed by atoms with van der Waals surface area (Å²) in [6.07, 6.45) is -0.199. The summed E-state index contributed by atoms with van der Waals surface area (Å²) in [5.74, 6) is 1.33. The fourth-order valence-corrected chi connectivity index (χ4v) is 4.73. The zero-order valence-corrected chi connectivity index (χ0v) is 20.5. The molecule has 1 saturated heterocycles. The number of fused-ring (bicyclic) bond motifs is 3. The van der Waals surface area contributed by atoms with Crippen molar-refractivity contribution in [2.75, 3.05) is 63.2 Å². The van der Waals surface area contributed by atoms with Gasteiger partial charge in [-0.05, 0) is 38.6 Å². The molecular formula is C24H30F3N7O2. The van der Waals surface area contributed by atoms with E-state index in [1.807, 2.05) is 7.05 Å². The Balaban J connectivity index is 1.61. The Morgan fingerprint density at radius 1 is 0.944 bits per heavy atom. The molecule has 0 unspecified atom stereocenters. The number of anilines is 2. The van der Waals surface area contributed by atoms with Gasteiger partial charge in [0.15, 0.2) is 17.4 Å². The first-order valence-electron chi connectivity index (χ1n) is 12.2. The molecule has 5 rings (SSSR count). The molecule has 0 radical (unpaired) electrons. The fourth-order valence-electron chi connectivity index (χ4n) is 4.73. The van der Waals surface area contributed by atoms with Gasteiger partial charge in [-0.2, -0.15) is 4.52 Å². The van der Waals surface area contributed by atoms with Gasteiger partial charge in [-0.25, -0.2) is 0 Å². The van der Waals surface area contributed by atoms with Crippen LogP contribution in [0.25, 0.3) is 17.0 Å². The van der Waals surface area contributed by atoms with Crippen molar-refractivity contribution in [3.63, 3.8) is 0 Å². The maximum absolute atomic E-state index is 12.8. The van der Waals surface area contributed by atoms with E-state index in [0.717, 1.165) is 50.5 Å². The van der Waals surface area contributed by atoms with Gasteiger partial charge in [0.25, 0.3) is 0 Å². The van der Waals surface area contributed by atoms with E-state index in [2.05, 4.69) is 36.7 Å². The van der Waals surface area contributed by atoms with Crippen LogP contribution < -0.4 is 19.3 Å². The first-order chi connectivity index (χ1) is 17.3. The zero-order chi connectivity index (χ0) is 25.3. The third-order valence-corrected chi connectivity index (χ3v) is 6.62. The summed E-state index contributed by atoms with van der Waals surface area (Å²) in [5.41, 5.74) is 1.70. The normalized spacial score (nSPS) is 18.1. The van der Waals surface area contributed by atoms with Crippen LogP contribution in [0, 0.1) is 0 Å². The van der Waals surface area contributed by atoms with Crippen LogP contribution in [0.15, 0.2) is 24.3 Å². The first kappa shape index (κ1) is 24.4. The maximum atomic E-state index is 12.8. The number of aromatic nitrogens is 4. The molecular weight excluding hydrogens is 475 g/mol. The predicted octanol–water partition coefficient (Wildman–Crippen LogP) is 3.83. The summed E-state index contributed by atoms with van der Waals surface area (Å²) in [5, 5.41) is 13.6. The van der Waals surface area contributed by atoms with Crippen molar-refractivity contribution in [3.05, 3.63) is 24.3 Å². The molecule has 36 heavy (non-hydrogen) atoms. The number of likely N-dealkylation sites (N-methyl/N-ethyl adjacent to an activating group) is 2. The Morgan fingerprint density at radius 3 is 2.56 bits per heavy atom. The number of halogens is 3. The van der Waals surface area contributed by atoms with Crippen LogP contribution in [0.2, 0.25) is 0 Å². The Morgan fingerprint density at radius 2 is 1.75 bits per heavy atom. The minimum atomic E-state index is -4.79. The van der Waals surface area contributed by atoms with Crippen LogP contribution in [0.5, 0.6) is 11.5 Å². The lowest BCUT2D eigenvalue weighted by Crippen LogP contribution is -2.38. The standard InChI is InChI=1S/C24H30F3N7O2/c1-31-10-5-3-4-6-11-33(13-12-31)22-19-20(35-15-14-32(19)2)23-29-28-21(34(23)30-22)17-8-7-9-18(16-17)36-24(25,26)27/h7-9,16H,3-6,10-15H2,1-2H3. The molecule has 2 aliphatic rings. The molecule has 1 aromatic carbocycles. The van der Waals surface area contributed by atoms with Crippen LogP contribution in [-0.2, 0) is 0 Å². The van der Waals surface area contributed by atoms with E-state index >= 15 is 0 Å².